The molecule has 0 aliphatic carbocycles. The van der Waals surface area contributed by atoms with Gasteiger partial charge in [0.05, 0.1) is 20.3 Å². The number of carbonyl (C=O) groups excluding carboxylic acids is 2. The summed E-state index contributed by atoms with van der Waals surface area (Å²) in [5, 5.41) is 0. The van der Waals surface area contributed by atoms with Gasteiger partial charge in [-0.25, -0.2) is 0 Å². The molecule has 0 radical (unpaired) electrons. The van der Waals surface area contributed by atoms with Crippen LogP contribution in [0.3, 0.4) is 0 Å². The third kappa shape index (κ3) is 5.53. The van der Waals surface area contributed by atoms with Gasteiger partial charge in [-0.2, -0.15) is 0 Å². The summed E-state index contributed by atoms with van der Waals surface area (Å²) >= 11 is 0. The number of amides is 2. The smallest absolute Gasteiger partial charge is 0.254 e. The minimum Gasteiger partial charge on any atom is -0.493 e. The quantitative estimate of drug-likeness (QED) is 0.271. The van der Waals surface area contributed by atoms with Gasteiger partial charge in [0.25, 0.3) is 11.8 Å². The van der Waals surface area contributed by atoms with Crippen LogP contribution in [0.4, 0.5) is 0 Å². The zero-order valence-corrected chi connectivity index (χ0v) is 25.0. The highest BCUT2D eigenvalue weighted by Gasteiger charge is 2.36. The molecule has 42 heavy (non-hydrogen) atoms. The predicted molar refractivity (Wildman–Crippen MR) is 163 cm³/mol. The maximum atomic E-state index is 13.2. The van der Waals surface area contributed by atoms with E-state index in [9.17, 15) is 9.59 Å². The molecule has 2 fully saturated rings. The number of rotatable bonds is 9. The van der Waals surface area contributed by atoms with Gasteiger partial charge in [0.1, 0.15) is 5.75 Å². The van der Waals surface area contributed by atoms with Crippen LogP contribution in [0.2, 0.25) is 0 Å². The van der Waals surface area contributed by atoms with Gasteiger partial charge in [-0.05, 0) is 106 Å². The molecule has 6 rings (SSSR count). The first-order chi connectivity index (χ1) is 20.3. The van der Waals surface area contributed by atoms with Gasteiger partial charge in [-0.1, -0.05) is 24.3 Å². The molecular formula is C35H42N2O5. The monoisotopic (exact) mass is 570 g/mol. The van der Waals surface area contributed by atoms with Crippen LogP contribution in [0.25, 0.3) is 0 Å². The Hall–Kier alpha value is -3.74. The van der Waals surface area contributed by atoms with Crippen LogP contribution in [-0.4, -0.2) is 67.1 Å². The van der Waals surface area contributed by atoms with Gasteiger partial charge in [-0.15, -0.1) is 0 Å². The van der Waals surface area contributed by atoms with Gasteiger partial charge >= 0.3 is 0 Å². The van der Waals surface area contributed by atoms with E-state index in [1.54, 1.807) is 7.11 Å². The standard InChI is InChI=1S/C35H42N2O5/c1-22-14-27-10-8-25-17-31(24(3)16-29(25)34(38)36(27)20-22)41-12-6-5-7-13-42-33-18-26-9-11-28-15-23(2)21-37(28)35(39)30(26)19-32(33)40-4/h16-19,27-28H,1-2,5-15,20-21H2,3-4H3/t27-,28-/m1/s1. The summed E-state index contributed by atoms with van der Waals surface area (Å²) in [5.74, 6) is 2.37. The Labute approximate surface area is 249 Å². The van der Waals surface area contributed by atoms with Crippen LogP contribution >= 0.6 is 0 Å². The Bertz CT molecular complexity index is 1430. The highest BCUT2D eigenvalue weighted by molar-refractivity contribution is 5.98. The summed E-state index contributed by atoms with van der Waals surface area (Å²) < 4.78 is 17.9. The fraction of sp³-hybridized carbons (Fsp3) is 0.486. The molecule has 2 atom stereocenters. The van der Waals surface area contributed by atoms with Crippen molar-refractivity contribution in [1.29, 1.82) is 0 Å². The lowest BCUT2D eigenvalue weighted by molar-refractivity contribution is 0.0734. The second-order valence-corrected chi connectivity index (χ2v) is 12.4. The third-order valence-electron chi connectivity index (χ3n) is 9.29. The Morgan fingerprint density at radius 1 is 0.738 bits per heavy atom. The first-order valence-electron chi connectivity index (χ1n) is 15.4. The molecule has 0 aromatic heterocycles. The van der Waals surface area contributed by atoms with Crippen molar-refractivity contribution < 1.29 is 23.8 Å². The van der Waals surface area contributed by atoms with E-state index >= 15 is 0 Å². The topological polar surface area (TPSA) is 68.3 Å². The number of fused-ring (bicyclic) bond motifs is 4. The number of methoxy groups -OCH3 is 1. The molecule has 2 saturated heterocycles. The number of benzene rings is 2. The van der Waals surface area contributed by atoms with Gasteiger partial charge in [-0.3, -0.25) is 9.59 Å². The molecule has 0 saturated carbocycles. The zero-order valence-electron chi connectivity index (χ0n) is 25.0. The Kier molecular flexibility index (Phi) is 8.02. The molecule has 4 heterocycles. The van der Waals surface area contributed by atoms with Crippen molar-refractivity contribution in [1.82, 2.24) is 9.80 Å². The number of ether oxygens (including phenoxy) is 3. The van der Waals surface area contributed by atoms with Crippen LogP contribution in [0, 0.1) is 6.92 Å². The number of hydrogen-bond donors (Lipinski definition) is 0. The minimum absolute atomic E-state index is 0.0685. The Morgan fingerprint density at radius 3 is 1.83 bits per heavy atom. The molecule has 0 spiro atoms. The van der Waals surface area contributed by atoms with Crippen LogP contribution in [0.5, 0.6) is 17.2 Å². The number of hydrogen-bond acceptors (Lipinski definition) is 5. The first-order valence-corrected chi connectivity index (χ1v) is 15.4. The molecule has 2 aromatic rings. The predicted octanol–water partition coefficient (Wildman–Crippen LogP) is 6.07. The second-order valence-electron chi connectivity index (χ2n) is 12.4. The van der Waals surface area contributed by atoms with E-state index in [1.807, 2.05) is 34.9 Å². The van der Waals surface area contributed by atoms with Crippen molar-refractivity contribution in [3.63, 3.8) is 0 Å². The van der Waals surface area contributed by atoms with Gasteiger partial charge < -0.3 is 24.0 Å². The van der Waals surface area contributed by atoms with Gasteiger partial charge in [0.15, 0.2) is 11.5 Å². The van der Waals surface area contributed by atoms with Crippen molar-refractivity contribution >= 4 is 11.8 Å². The highest BCUT2D eigenvalue weighted by atomic mass is 16.5. The van der Waals surface area contributed by atoms with E-state index in [2.05, 4.69) is 19.2 Å². The summed E-state index contributed by atoms with van der Waals surface area (Å²) in [6.07, 6.45) is 8.23. The molecule has 0 bridgehead atoms. The van der Waals surface area contributed by atoms with Crippen molar-refractivity contribution in [2.24, 2.45) is 0 Å². The lowest BCUT2D eigenvalue weighted by Gasteiger charge is -2.21. The molecule has 7 nitrogen and oxygen atoms in total. The maximum Gasteiger partial charge on any atom is 0.254 e. The average Bonchev–Trinajstić information content (AvgIpc) is 3.48. The molecule has 4 aliphatic rings. The fourth-order valence-corrected chi connectivity index (χ4v) is 7.02. The SMILES string of the molecule is C=C1C[C@H]2CCc3cc(OCCCCCOc4cc5c(cc4OC)C(=O)N4CC(=C)C[C@H]4CC5)c(C)cc3C(=O)N2C1. The summed E-state index contributed by atoms with van der Waals surface area (Å²) in [6.45, 7) is 12.7. The average molecular weight is 571 g/mol. The fourth-order valence-electron chi connectivity index (χ4n) is 7.02. The molecule has 222 valence electrons. The first kappa shape index (κ1) is 28.4. The number of carbonyl (C=O) groups is 2. The lowest BCUT2D eigenvalue weighted by atomic mass is 9.98. The number of aryl methyl sites for hydroxylation is 3. The molecule has 0 unspecified atom stereocenters. The Balaban J connectivity index is 0.991. The third-order valence-corrected chi connectivity index (χ3v) is 9.29. The normalized spacial score (nSPS) is 21.4. The lowest BCUT2D eigenvalue weighted by Crippen LogP contribution is -2.34. The van der Waals surface area contributed by atoms with E-state index in [0.717, 1.165) is 103 Å². The van der Waals surface area contributed by atoms with Crippen LogP contribution in [-0.2, 0) is 12.8 Å². The van der Waals surface area contributed by atoms with E-state index in [0.29, 0.717) is 37.8 Å². The maximum absolute atomic E-state index is 13.2. The van der Waals surface area contributed by atoms with Crippen LogP contribution in [0.15, 0.2) is 48.6 Å². The van der Waals surface area contributed by atoms with Crippen LogP contribution in [0.1, 0.15) is 82.4 Å². The molecule has 4 aliphatic heterocycles. The molecule has 2 amide bonds. The second kappa shape index (κ2) is 11.9. The largest absolute Gasteiger partial charge is 0.493 e. The van der Waals surface area contributed by atoms with Crippen molar-refractivity contribution in [2.75, 3.05) is 33.4 Å². The summed E-state index contributed by atoms with van der Waals surface area (Å²) in [5.41, 5.74) is 6.95. The van der Waals surface area contributed by atoms with E-state index in [-0.39, 0.29) is 23.9 Å². The number of nitrogens with zero attached hydrogens (tertiary/aromatic N) is 2. The van der Waals surface area contributed by atoms with Gasteiger partial charge in [0.2, 0.25) is 0 Å². The Morgan fingerprint density at radius 2 is 1.26 bits per heavy atom. The molecular weight excluding hydrogens is 528 g/mol. The zero-order chi connectivity index (χ0) is 29.4. The van der Waals surface area contributed by atoms with E-state index in [4.69, 9.17) is 14.2 Å². The minimum atomic E-state index is 0.0685. The summed E-state index contributed by atoms with van der Waals surface area (Å²) in [6, 6.07) is 8.45. The summed E-state index contributed by atoms with van der Waals surface area (Å²) in [4.78, 5) is 30.4. The molecule has 2 aromatic carbocycles. The van der Waals surface area contributed by atoms with E-state index in [1.165, 1.54) is 0 Å². The van der Waals surface area contributed by atoms with Crippen LogP contribution < -0.4 is 14.2 Å². The van der Waals surface area contributed by atoms with Gasteiger partial charge in [0, 0.05) is 36.3 Å². The van der Waals surface area contributed by atoms with E-state index < -0.39 is 0 Å². The summed E-state index contributed by atoms with van der Waals surface area (Å²) in [7, 11) is 1.62. The molecule has 0 N–H and O–H groups in total. The van der Waals surface area contributed by atoms with Crippen molar-refractivity contribution in [2.45, 2.75) is 76.8 Å². The highest BCUT2D eigenvalue weighted by Crippen LogP contribution is 2.38. The van der Waals surface area contributed by atoms with Crippen molar-refractivity contribution in [3.05, 3.63) is 76.4 Å². The molecule has 7 heteroatoms. The number of unbranched alkanes of at least 4 members (excludes halogenated alkanes) is 2. The van der Waals surface area contributed by atoms with Crippen molar-refractivity contribution in [3.8, 4) is 17.2 Å².